The SMILES string of the molecule is CCN1CC1(C)CC. The summed E-state index contributed by atoms with van der Waals surface area (Å²) in [5.74, 6) is 0. The van der Waals surface area contributed by atoms with Crippen LogP contribution in [-0.2, 0) is 0 Å². The van der Waals surface area contributed by atoms with Crippen LogP contribution in [0.2, 0.25) is 0 Å². The van der Waals surface area contributed by atoms with Gasteiger partial charge in [-0.15, -0.1) is 0 Å². The minimum Gasteiger partial charge on any atom is -0.295 e. The average Bonchev–Trinajstić information content (AvgIpc) is 2.44. The first-order valence-corrected chi connectivity index (χ1v) is 3.48. The highest BCUT2D eigenvalue weighted by molar-refractivity contribution is 5.01. The molecule has 2 atom stereocenters. The van der Waals surface area contributed by atoms with E-state index >= 15 is 0 Å². The first kappa shape index (κ1) is 6.09. The maximum Gasteiger partial charge on any atom is 0.0306 e. The fourth-order valence-electron chi connectivity index (χ4n) is 1.20. The van der Waals surface area contributed by atoms with Gasteiger partial charge in [-0.2, -0.15) is 0 Å². The second-order valence-electron chi connectivity index (χ2n) is 2.86. The number of rotatable bonds is 2. The van der Waals surface area contributed by atoms with E-state index < -0.39 is 0 Å². The van der Waals surface area contributed by atoms with Crippen LogP contribution in [0.3, 0.4) is 0 Å². The summed E-state index contributed by atoms with van der Waals surface area (Å²) in [6.07, 6.45) is 1.31. The predicted molar refractivity (Wildman–Crippen MR) is 35.9 cm³/mol. The molecule has 1 nitrogen and oxygen atoms in total. The molecule has 0 aliphatic carbocycles. The van der Waals surface area contributed by atoms with Crippen molar-refractivity contribution in [2.45, 2.75) is 32.7 Å². The molecule has 1 aliphatic heterocycles. The molecule has 1 heterocycles. The lowest BCUT2D eigenvalue weighted by Crippen LogP contribution is -2.11. The van der Waals surface area contributed by atoms with E-state index in [9.17, 15) is 0 Å². The van der Waals surface area contributed by atoms with Gasteiger partial charge in [-0.25, -0.2) is 0 Å². The van der Waals surface area contributed by atoms with E-state index in [1.54, 1.807) is 0 Å². The normalized spacial score (nSPS) is 44.6. The van der Waals surface area contributed by atoms with Crippen molar-refractivity contribution in [1.82, 2.24) is 4.90 Å². The van der Waals surface area contributed by atoms with Crippen LogP contribution in [0, 0.1) is 0 Å². The summed E-state index contributed by atoms with van der Waals surface area (Å²) in [6, 6.07) is 0. The van der Waals surface area contributed by atoms with E-state index in [-0.39, 0.29) is 0 Å². The summed E-state index contributed by atoms with van der Waals surface area (Å²) in [4.78, 5) is 2.49. The Hall–Kier alpha value is -0.0400. The van der Waals surface area contributed by atoms with Crippen LogP contribution in [0.25, 0.3) is 0 Å². The van der Waals surface area contributed by atoms with Gasteiger partial charge in [0.15, 0.2) is 0 Å². The van der Waals surface area contributed by atoms with Crippen molar-refractivity contribution in [2.24, 2.45) is 0 Å². The van der Waals surface area contributed by atoms with Gasteiger partial charge < -0.3 is 0 Å². The molecule has 0 bridgehead atoms. The fourth-order valence-corrected chi connectivity index (χ4v) is 1.20. The second-order valence-corrected chi connectivity index (χ2v) is 2.86. The standard InChI is InChI=1S/C7H15N/c1-4-7(3)6-8(7)5-2/h4-6H2,1-3H3. The lowest BCUT2D eigenvalue weighted by Gasteiger charge is -2.05. The van der Waals surface area contributed by atoms with Crippen molar-refractivity contribution in [1.29, 1.82) is 0 Å². The van der Waals surface area contributed by atoms with Crippen molar-refractivity contribution in [3.05, 3.63) is 0 Å². The van der Waals surface area contributed by atoms with Gasteiger partial charge in [-0.1, -0.05) is 13.8 Å². The molecular formula is C7H15N. The van der Waals surface area contributed by atoms with Gasteiger partial charge in [-0.05, 0) is 19.9 Å². The van der Waals surface area contributed by atoms with E-state index in [1.165, 1.54) is 19.5 Å². The minimum absolute atomic E-state index is 0.592. The van der Waals surface area contributed by atoms with Crippen molar-refractivity contribution < 1.29 is 0 Å². The molecule has 0 N–H and O–H groups in total. The second kappa shape index (κ2) is 1.73. The quantitative estimate of drug-likeness (QED) is 0.490. The Labute approximate surface area is 51.7 Å². The van der Waals surface area contributed by atoms with E-state index in [4.69, 9.17) is 0 Å². The topological polar surface area (TPSA) is 3.01 Å². The van der Waals surface area contributed by atoms with Crippen LogP contribution in [0.5, 0.6) is 0 Å². The first-order chi connectivity index (χ1) is 3.73. The van der Waals surface area contributed by atoms with Gasteiger partial charge in [-0.3, -0.25) is 4.90 Å². The maximum atomic E-state index is 2.49. The lowest BCUT2D eigenvalue weighted by atomic mass is 10.1. The van der Waals surface area contributed by atoms with Crippen molar-refractivity contribution >= 4 is 0 Å². The van der Waals surface area contributed by atoms with E-state index in [2.05, 4.69) is 25.7 Å². The number of nitrogens with zero attached hydrogens (tertiary/aromatic N) is 1. The molecule has 0 spiro atoms. The highest BCUT2D eigenvalue weighted by atomic mass is 15.3. The molecule has 48 valence electrons. The smallest absolute Gasteiger partial charge is 0.0306 e. The van der Waals surface area contributed by atoms with Crippen molar-refractivity contribution in [2.75, 3.05) is 13.1 Å². The molecule has 2 unspecified atom stereocenters. The number of hydrogen-bond donors (Lipinski definition) is 0. The van der Waals surface area contributed by atoms with Crippen LogP contribution in [0.1, 0.15) is 27.2 Å². The predicted octanol–water partition coefficient (Wildman–Crippen LogP) is 1.49. The Morgan fingerprint density at radius 1 is 1.50 bits per heavy atom. The van der Waals surface area contributed by atoms with Crippen molar-refractivity contribution in [3.8, 4) is 0 Å². The van der Waals surface area contributed by atoms with Gasteiger partial charge in [0.25, 0.3) is 0 Å². The Bertz CT molecular complexity index is 90.4. The summed E-state index contributed by atoms with van der Waals surface area (Å²) in [6.45, 7) is 9.36. The van der Waals surface area contributed by atoms with Gasteiger partial charge in [0.1, 0.15) is 0 Å². The highest BCUT2D eigenvalue weighted by Gasteiger charge is 2.43. The number of likely N-dealkylation sites (N-methyl/N-ethyl adjacent to an activating group) is 1. The van der Waals surface area contributed by atoms with Crippen molar-refractivity contribution in [3.63, 3.8) is 0 Å². The zero-order valence-corrected chi connectivity index (χ0v) is 6.07. The lowest BCUT2D eigenvalue weighted by molar-refractivity contribution is 0.434. The Kier molecular flexibility index (Phi) is 1.31. The van der Waals surface area contributed by atoms with Gasteiger partial charge in [0.2, 0.25) is 0 Å². The Balaban J connectivity index is 2.31. The molecule has 0 aromatic rings. The van der Waals surface area contributed by atoms with Gasteiger partial charge >= 0.3 is 0 Å². The average molecular weight is 113 g/mol. The summed E-state index contributed by atoms with van der Waals surface area (Å²) in [5, 5.41) is 0. The zero-order chi connectivity index (χ0) is 6.20. The third kappa shape index (κ3) is 0.752. The van der Waals surface area contributed by atoms with Crippen LogP contribution in [-0.4, -0.2) is 23.5 Å². The third-order valence-electron chi connectivity index (χ3n) is 2.33. The molecule has 1 heteroatoms. The van der Waals surface area contributed by atoms with Crippen LogP contribution in [0.15, 0.2) is 0 Å². The molecular weight excluding hydrogens is 98.1 g/mol. The Morgan fingerprint density at radius 2 is 2.12 bits per heavy atom. The highest BCUT2D eigenvalue weighted by Crippen LogP contribution is 2.33. The van der Waals surface area contributed by atoms with Gasteiger partial charge in [0, 0.05) is 12.1 Å². The maximum absolute atomic E-state index is 2.49. The van der Waals surface area contributed by atoms with Gasteiger partial charge in [0.05, 0.1) is 0 Å². The minimum atomic E-state index is 0.592. The molecule has 0 aromatic carbocycles. The van der Waals surface area contributed by atoms with Crippen LogP contribution in [0.4, 0.5) is 0 Å². The number of hydrogen-bond acceptors (Lipinski definition) is 1. The summed E-state index contributed by atoms with van der Waals surface area (Å²) in [5.41, 5.74) is 0.592. The molecule has 1 rings (SSSR count). The van der Waals surface area contributed by atoms with E-state index in [0.29, 0.717) is 5.54 Å². The van der Waals surface area contributed by atoms with E-state index in [1.807, 2.05) is 0 Å². The Morgan fingerprint density at radius 3 is 2.25 bits per heavy atom. The summed E-state index contributed by atoms with van der Waals surface area (Å²) >= 11 is 0. The first-order valence-electron chi connectivity index (χ1n) is 3.48. The molecule has 0 saturated carbocycles. The third-order valence-corrected chi connectivity index (χ3v) is 2.33. The monoisotopic (exact) mass is 113 g/mol. The molecule has 1 aliphatic rings. The molecule has 8 heavy (non-hydrogen) atoms. The van der Waals surface area contributed by atoms with Crippen LogP contribution >= 0.6 is 0 Å². The molecule has 0 radical (unpaired) electrons. The fraction of sp³-hybridized carbons (Fsp3) is 1.00. The summed E-state index contributed by atoms with van der Waals surface area (Å²) in [7, 11) is 0. The molecule has 0 amide bonds. The molecule has 1 fully saturated rings. The summed E-state index contributed by atoms with van der Waals surface area (Å²) < 4.78 is 0. The largest absolute Gasteiger partial charge is 0.295 e. The van der Waals surface area contributed by atoms with Crippen LogP contribution < -0.4 is 0 Å². The molecule has 0 aromatic heterocycles. The van der Waals surface area contributed by atoms with E-state index in [0.717, 1.165) is 0 Å². The molecule has 1 saturated heterocycles. The zero-order valence-electron chi connectivity index (χ0n) is 6.07.